The average Bonchev–Trinajstić information content (AvgIpc) is 2.84. The number of nitro groups is 1. The second-order valence-electron chi connectivity index (χ2n) is 4.28. The summed E-state index contributed by atoms with van der Waals surface area (Å²) in [7, 11) is 0. The number of non-ortho nitro benzene ring substituents is 1. The van der Waals surface area contributed by atoms with Crippen LogP contribution in [-0.2, 0) is 5.33 Å². The van der Waals surface area contributed by atoms with Crippen molar-refractivity contribution in [2.24, 2.45) is 0 Å². The number of imidazole rings is 1. The Morgan fingerprint density at radius 2 is 2.00 bits per heavy atom. The summed E-state index contributed by atoms with van der Waals surface area (Å²) in [5, 5.41) is 11.2. The second kappa shape index (κ2) is 5.53. The number of hydrogen-bond donors (Lipinski definition) is 0. The molecule has 2 heterocycles. The van der Waals surface area contributed by atoms with Crippen LogP contribution in [0.2, 0.25) is 0 Å². The quantitative estimate of drug-likeness (QED) is 0.407. The van der Waals surface area contributed by atoms with Crippen LogP contribution in [0.5, 0.6) is 11.6 Å². The third-order valence-electron chi connectivity index (χ3n) is 2.98. The van der Waals surface area contributed by atoms with Crippen molar-refractivity contribution in [2.75, 3.05) is 0 Å². The third-order valence-corrected chi connectivity index (χ3v) is 3.51. The smallest absolute Gasteiger partial charge is 0.269 e. The van der Waals surface area contributed by atoms with E-state index in [-0.39, 0.29) is 5.69 Å². The average molecular weight is 348 g/mol. The van der Waals surface area contributed by atoms with Gasteiger partial charge in [0.05, 0.1) is 10.6 Å². The minimum Gasteiger partial charge on any atom is -0.437 e. The number of ether oxygens (including phenoxy) is 1. The first kappa shape index (κ1) is 13.6. The number of pyridine rings is 1. The van der Waals surface area contributed by atoms with Crippen molar-refractivity contribution in [3.8, 4) is 11.6 Å². The molecule has 0 bridgehead atoms. The number of nitrogens with zero attached hydrogens (tertiary/aromatic N) is 3. The first-order valence-electron chi connectivity index (χ1n) is 6.13. The molecular formula is C14H10BrN3O3. The summed E-state index contributed by atoms with van der Waals surface area (Å²) in [5.41, 5.74) is 1.69. The summed E-state index contributed by atoms with van der Waals surface area (Å²) in [4.78, 5) is 14.6. The molecule has 0 radical (unpaired) electrons. The van der Waals surface area contributed by atoms with E-state index in [1.807, 2.05) is 28.8 Å². The van der Waals surface area contributed by atoms with E-state index in [1.54, 1.807) is 12.1 Å². The van der Waals surface area contributed by atoms with Gasteiger partial charge in [-0.25, -0.2) is 0 Å². The van der Waals surface area contributed by atoms with Gasteiger partial charge < -0.3 is 4.74 Å². The van der Waals surface area contributed by atoms with Crippen molar-refractivity contribution in [3.63, 3.8) is 0 Å². The lowest BCUT2D eigenvalue weighted by Crippen LogP contribution is -1.92. The van der Waals surface area contributed by atoms with E-state index in [0.29, 0.717) is 17.0 Å². The number of hydrogen-bond acceptors (Lipinski definition) is 4. The lowest BCUT2D eigenvalue weighted by Gasteiger charge is -2.04. The van der Waals surface area contributed by atoms with E-state index in [1.165, 1.54) is 12.1 Å². The van der Waals surface area contributed by atoms with Gasteiger partial charge in [0.15, 0.2) is 0 Å². The van der Waals surface area contributed by atoms with Crippen molar-refractivity contribution in [2.45, 2.75) is 5.33 Å². The fraction of sp³-hybridized carbons (Fsp3) is 0.0714. The fourth-order valence-corrected chi connectivity index (χ4v) is 2.49. The highest BCUT2D eigenvalue weighted by Crippen LogP contribution is 2.28. The maximum atomic E-state index is 10.6. The number of halogens is 1. The molecule has 3 rings (SSSR count). The Hall–Kier alpha value is -2.41. The molecule has 0 aliphatic rings. The van der Waals surface area contributed by atoms with E-state index >= 15 is 0 Å². The van der Waals surface area contributed by atoms with E-state index in [9.17, 15) is 10.1 Å². The summed E-state index contributed by atoms with van der Waals surface area (Å²) in [5.74, 6) is 0.984. The molecule has 21 heavy (non-hydrogen) atoms. The molecule has 7 heteroatoms. The molecule has 0 spiro atoms. The molecule has 6 nitrogen and oxygen atoms in total. The standard InChI is InChI=1S/C14H10BrN3O3/c15-9-12-14(16-13-3-1-2-8-17(12)13)21-11-6-4-10(5-7-11)18(19)20/h1-8H,9H2. The Balaban J connectivity index is 1.95. The molecule has 106 valence electrons. The monoisotopic (exact) mass is 347 g/mol. The summed E-state index contributed by atoms with van der Waals surface area (Å²) in [6.07, 6.45) is 1.90. The van der Waals surface area contributed by atoms with E-state index in [2.05, 4.69) is 20.9 Å². The maximum absolute atomic E-state index is 10.6. The summed E-state index contributed by atoms with van der Waals surface area (Å²) < 4.78 is 7.66. The zero-order valence-electron chi connectivity index (χ0n) is 10.8. The Morgan fingerprint density at radius 3 is 2.67 bits per heavy atom. The van der Waals surface area contributed by atoms with Gasteiger partial charge >= 0.3 is 0 Å². The minimum absolute atomic E-state index is 0.0260. The van der Waals surface area contributed by atoms with Gasteiger partial charge in [-0.15, -0.1) is 0 Å². The largest absolute Gasteiger partial charge is 0.437 e. The van der Waals surface area contributed by atoms with Crippen molar-refractivity contribution >= 4 is 27.3 Å². The van der Waals surface area contributed by atoms with Crippen LogP contribution in [0.1, 0.15) is 5.69 Å². The highest BCUT2D eigenvalue weighted by atomic mass is 79.9. The van der Waals surface area contributed by atoms with Gasteiger partial charge in [-0.2, -0.15) is 4.98 Å². The predicted octanol–water partition coefficient (Wildman–Crippen LogP) is 3.93. The highest BCUT2D eigenvalue weighted by molar-refractivity contribution is 9.08. The summed E-state index contributed by atoms with van der Waals surface area (Å²) in [6.45, 7) is 0. The van der Waals surface area contributed by atoms with Crippen LogP contribution < -0.4 is 4.74 Å². The molecule has 0 aliphatic carbocycles. The highest BCUT2D eigenvalue weighted by Gasteiger charge is 2.13. The molecule has 2 aromatic heterocycles. The van der Waals surface area contributed by atoms with Gasteiger partial charge in [0, 0.05) is 23.7 Å². The molecule has 0 aliphatic heterocycles. The van der Waals surface area contributed by atoms with E-state index in [0.717, 1.165) is 11.3 Å². The zero-order valence-corrected chi connectivity index (χ0v) is 12.4. The third kappa shape index (κ3) is 2.59. The number of alkyl halides is 1. The fourth-order valence-electron chi connectivity index (χ4n) is 1.98. The first-order valence-corrected chi connectivity index (χ1v) is 7.25. The minimum atomic E-state index is -0.446. The van der Waals surface area contributed by atoms with Gasteiger partial charge in [0.1, 0.15) is 11.4 Å². The summed E-state index contributed by atoms with van der Waals surface area (Å²) in [6, 6.07) is 11.6. The number of aromatic nitrogens is 2. The summed E-state index contributed by atoms with van der Waals surface area (Å²) >= 11 is 3.42. The molecule has 0 saturated carbocycles. The van der Waals surface area contributed by atoms with Gasteiger partial charge in [-0.1, -0.05) is 22.0 Å². The van der Waals surface area contributed by atoms with Gasteiger partial charge in [-0.3, -0.25) is 14.5 Å². The second-order valence-corrected chi connectivity index (χ2v) is 4.84. The number of benzene rings is 1. The first-order chi connectivity index (χ1) is 10.2. The molecule has 0 atom stereocenters. The molecule has 0 amide bonds. The van der Waals surface area contributed by atoms with Crippen molar-refractivity contribution < 1.29 is 9.66 Å². The van der Waals surface area contributed by atoms with Crippen molar-refractivity contribution in [1.82, 2.24) is 9.38 Å². The Labute approximate surface area is 128 Å². The van der Waals surface area contributed by atoms with Crippen LogP contribution in [0.3, 0.4) is 0 Å². The van der Waals surface area contributed by atoms with Crippen LogP contribution in [0, 0.1) is 10.1 Å². The maximum Gasteiger partial charge on any atom is 0.269 e. The van der Waals surface area contributed by atoms with Crippen LogP contribution in [0.25, 0.3) is 5.65 Å². The molecule has 0 N–H and O–H groups in total. The zero-order chi connectivity index (χ0) is 14.8. The van der Waals surface area contributed by atoms with Crippen LogP contribution in [0.15, 0.2) is 48.7 Å². The van der Waals surface area contributed by atoms with Crippen molar-refractivity contribution in [3.05, 3.63) is 64.5 Å². The number of fused-ring (bicyclic) bond motifs is 1. The molecule has 1 aromatic carbocycles. The molecule has 0 fully saturated rings. The normalized spacial score (nSPS) is 10.7. The van der Waals surface area contributed by atoms with Crippen LogP contribution in [-0.4, -0.2) is 14.3 Å². The van der Waals surface area contributed by atoms with Gasteiger partial charge in [0.25, 0.3) is 5.69 Å². The predicted molar refractivity (Wildman–Crippen MR) is 81.0 cm³/mol. The lowest BCUT2D eigenvalue weighted by molar-refractivity contribution is -0.384. The Kier molecular flexibility index (Phi) is 3.57. The Bertz CT molecular complexity index is 799. The van der Waals surface area contributed by atoms with E-state index < -0.39 is 4.92 Å². The lowest BCUT2D eigenvalue weighted by atomic mass is 10.3. The Morgan fingerprint density at radius 1 is 1.24 bits per heavy atom. The topological polar surface area (TPSA) is 69.7 Å². The molecule has 0 saturated heterocycles. The van der Waals surface area contributed by atoms with Crippen LogP contribution in [0.4, 0.5) is 5.69 Å². The van der Waals surface area contributed by atoms with Gasteiger partial charge in [-0.05, 0) is 24.3 Å². The molecule has 0 unspecified atom stereocenters. The van der Waals surface area contributed by atoms with Crippen molar-refractivity contribution in [1.29, 1.82) is 0 Å². The molecule has 3 aromatic rings. The van der Waals surface area contributed by atoms with Gasteiger partial charge in [0.2, 0.25) is 5.88 Å². The number of rotatable bonds is 4. The molecular weight excluding hydrogens is 338 g/mol. The van der Waals surface area contributed by atoms with E-state index in [4.69, 9.17) is 4.74 Å². The van der Waals surface area contributed by atoms with Crippen LogP contribution >= 0.6 is 15.9 Å². The number of nitro benzene ring substituents is 1. The SMILES string of the molecule is O=[N+]([O-])c1ccc(Oc2nc3ccccn3c2CBr)cc1.